The Morgan fingerprint density at radius 2 is 0.810 bits per heavy atom. The Bertz CT molecular complexity index is 3000. The second kappa shape index (κ2) is 15.7. The topological polar surface area (TPSA) is 93.2 Å². The van der Waals surface area contributed by atoms with Crippen LogP contribution in [0.4, 0.5) is 11.4 Å². The van der Waals surface area contributed by atoms with E-state index < -0.39 is 17.4 Å². The average Bonchev–Trinajstić information content (AvgIpc) is 3.66. The van der Waals surface area contributed by atoms with Crippen molar-refractivity contribution in [3.63, 3.8) is 0 Å². The van der Waals surface area contributed by atoms with Crippen molar-refractivity contribution >= 4 is 35.0 Å². The van der Waals surface area contributed by atoms with Crippen molar-refractivity contribution in [1.82, 2.24) is 0 Å². The van der Waals surface area contributed by atoms with Crippen molar-refractivity contribution in [2.24, 2.45) is 0 Å². The fourth-order valence-corrected chi connectivity index (χ4v) is 8.16. The largest absolute Gasteiger partial charge is 0.490 e. The summed E-state index contributed by atoms with van der Waals surface area (Å²) >= 11 is 0. The third-order valence-electron chi connectivity index (χ3n) is 11.3. The minimum Gasteiger partial charge on any atom is -0.490 e. The fraction of sp³-hybridized carbons (Fsp3) is 0.164. The van der Waals surface area contributed by atoms with E-state index in [4.69, 9.17) is 9.47 Å². The molecule has 0 unspecified atom stereocenters. The summed E-state index contributed by atoms with van der Waals surface area (Å²) in [6, 6.07) is 45.7. The van der Waals surface area contributed by atoms with Crippen molar-refractivity contribution in [1.29, 1.82) is 0 Å². The Kier molecular flexibility index (Phi) is 10.2. The van der Waals surface area contributed by atoms with Gasteiger partial charge in [-0.1, -0.05) is 102 Å². The molecule has 63 heavy (non-hydrogen) atoms. The number of hydrogen-bond acceptors (Lipinski definition) is 6. The van der Waals surface area contributed by atoms with Crippen LogP contribution in [-0.2, 0) is 0 Å². The van der Waals surface area contributed by atoms with E-state index >= 15 is 0 Å². The van der Waals surface area contributed by atoms with Crippen LogP contribution in [0.1, 0.15) is 87.2 Å². The van der Waals surface area contributed by atoms with Crippen LogP contribution in [0.2, 0.25) is 0 Å². The number of carbonyl (C=O) groups excluding carboxylic acids is 4. The summed E-state index contributed by atoms with van der Waals surface area (Å²) in [6.07, 6.45) is -0.149. The Morgan fingerprint density at radius 3 is 1.32 bits per heavy atom. The molecule has 7 aromatic rings. The van der Waals surface area contributed by atoms with E-state index in [1.807, 2.05) is 152 Å². The van der Waals surface area contributed by atoms with E-state index in [1.165, 1.54) is 9.80 Å². The molecule has 0 aliphatic carbocycles. The molecule has 2 aliphatic heterocycles. The minimum atomic E-state index is -0.649. The zero-order chi connectivity index (χ0) is 44.3. The van der Waals surface area contributed by atoms with Gasteiger partial charge in [0.2, 0.25) is 0 Å². The lowest BCUT2D eigenvalue weighted by Gasteiger charge is -2.26. The number of benzene rings is 7. The molecule has 8 nitrogen and oxygen atoms in total. The molecule has 0 radical (unpaired) electrons. The summed E-state index contributed by atoms with van der Waals surface area (Å²) in [4.78, 5) is 57.8. The lowest BCUT2D eigenvalue weighted by Crippen LogP contribution is -2.31. The van der Waals surface area contributed by atoms with Gasteiger partial charge in [0.15, 0.2) is 0 Å². The molecule has 4 amide bonds. The van der Waals surface area contributed by atoms with Crippen molar-refractivity contribution < 1.29 is 28.7 Å². The first kappa shape index (κ1) is 40.8. The molecule has 2 heterocycles. The van der Waals surface area contributed by atoms with Gasteiger partial charge in [-0.25, -0.2) is 9.80 Å². The first-order valence-electron chi connectivity index (χ1n) is 21.1. The van der Waals surface area contributed by atoms with Gasteiger partial charge >= 0.3 is 0 Å². The number of anilines is 2. The first-order valence-corrected chi connectivity index (χ1v) is 21.1. The fourth-order valence-electron chi connectivity index (χ4n) is 8.16. The summed E-state index contributed by atoms with van der Waals surface area (Å²) in [7, 11) is 0. The Labute approximate surface area is 367 Å². The first-order chi connectivity index (χ1) is 30.1. The van der Waals surface area contributed by atoms with Gasteiger partial charge in [0, 0.05) is 5.56 Å². The van der Waals surface area contributed by atoms with Crippen LogP contribution in [0.5, 0.6) is 11.5 Å². The smallest absolute Gasteiger partial charge is 0.266 e. The normalized spacial score (nSPS) is 13.5. The molecule has 7 aromatic carbocycles. The molecule has 0 spiro atoms. The number of hydrogen-bond donors (Lipinski definition) is 0. The molecule has 0 saturated heterocycles. The zero-order valence-electron chi connectivity index (χ0n) is 36.3. The van der Waals surface area contributed by atoms with Gasteiger partial charge in [-0.3, -0.25) is 19.2 Å². The summed E-state index contributed by atoms with van der Waals surface area (Å²) in [5.41, 5.74) is 10.9. The molecular formula is C55H46N2O6. The third kappa shape index (κ3) is 7.69. The molecule has 0 fully saturated rings. The lowest BCUT2D eigenvalue weighted by molar-refractivity contribution is 0.0907. The van der Waals surface area contributed by atoms with E-state index in [9.17, 15) is 19.2 Å². The molecule has 9 rings (SSSR count). The summed E-state index contributed by atoms with van der Waals surface area (Å²) in [5.74, 6) is -0.516. The summed E-state index contributed by atoms with van der Waals surface area (Å²) < 4.78 is 12.9. The number of ether oxygens (including phenoxy) is 2. The Morgan fingerprint density at radius 1 is 0.413 bits per heavy atom. The van der Waals surface area contributed by atoms with Gasteiger partial charge in [0.25, 0.3) is 23.6 Å². The maximum Gasteiger partial charge on any atom is 0.266 e. The number of nitrogens with zero attached hydrogens (tertiary/aromatic N) is 2. The summed E-state index contributed by atoms with van der Waals surface area (Å²) in [5, 5.41) is 0. The SMILES string of the molecule is Cc1ccc(-c2ccc3c(c2)C(=O)N(c2ccc(-c4ccc(-c5ccc(N6C(=O)c7ccc(-c8ccc(C)cc8)cc7C6=O)c(OC(C)(C)C)c5)cc4OC(C)C)cc2)C3=O)cc1. The molecule has 0 aromatic heterocycles. The standard InChI is InChI=1S/C55H46N2O6/c1-32(2)62-49-30-40(18-24-43(49)37-16-22-42(23-17-37)56-51(58)44-25-19-38(28-46(44)53(56)60)35-12-8-33(3)9-13-35)41-21-27-48(50(31-41)63-55(5,6)7)57-52(59)45-26-20-39(29-47(45)54(57)61)36-14-10-34(4)11-15-36/h8-32H,1-7H3. The number of fused-ring (bicyclic) bond motifs is 2. The van der Waals surface area contributed by atoms with Crippen molar-refractivity contribution in [3.8, 4) is 56.0 Å². The van der Waals surface area contributed by atoms with Crippen molar-refractivity contribution in [2.75, 3.05) is 9.80 Å². The predicted octanol–water partition coefficient (Wildman–Crippen LogP) is 12.5. The molecule has 0 atom stereocenters. The highest BCUT2D eigenvalue weighted by Crippen LogP contribution is 2.43. The minimum absolute atomic E-state index is 0.149. The molecular weight excluding hydrogens is 785 g/mol. The molecule has 0 bridgehead atoms. The highest BCUT2D eigenvalue weighted by atomic mass is 16.5. The van der Waals surface area contributed by atoms with Crippen molar-refractivity contribution in [3.05, 3.63) is 179 Å². The Balaban J connectivity index is 1.01. The zero-order valence-corrected chi connectivity index (χ0v) is 36.3. The summed E-state index contributed by atoms with van der Waals surface area (Å²) in [6.45, 7) is 13.7. The molecule has 312 valence electrons. The monoisotopic (exact) mass is 830 g/mol. The molecule has 2 aliphatic rings. The van der Waals surface area contributed by atoms with Gasteiger partial charge in [-0.15, -0.1) is 0 Å². The van der Waals surface area contributed by atoms with Crippen LogP contribution in [0, 0.1) is 13.8 Å². The van der Waals surface area contributed by atoms with Crippen LogP contribution in [0.3, 0.4) is 0 Å². The van der Waals surface area contributed by atoms with E-state index in [0.29, 0.717) is 45.1 Å². The third-order valence-corrected chi connectivity index (χ3v) is 11.3. The molecule has 0 N–H and O–H groups in total. The van der Waals surface area contributed by atoms with E-state index in [2.05, 4.69) is 0 Å². The average molecular weight is 831 g/mol. The van der Waals surface area contributed by atoms with Gasteiger partial charge in [0.05, 0.1) is 39.7 Å². The number of carbonyl (C=O) groups is 4. The van der Waals surface area contributed by atoms with E-state index in [-0.39, 0.29) is 17.9 Å². The van der Waals surface area contributed by atoms with Crippen LogP contribution in [0.25, 0.3) is 44.5 Å². The number of amides is 4. The lowest BCUT2D eigenvalue weighted by atomic mass is 9.98. The highest BCUT2D eigenvalue weighted by Gasteiger charge is 2.39. The second-order valence-corrected chi connectivity index (χ2v) is 17.5. The van der Waals surface area contributed by atoms with E-state index in [1.54, 1.807) is 42.5 Å². The van der Waals surface area contributed by atoms with E-state index in [0.717, 1.165) is 55.6 Å². The van der Waals surface area contributed by atoms with Gasteiger partial charge in [0.1, 0.15) is 17.1 Å². The van der Waals surface area contributed by atoms with Crippen molar-refractivity contribution in [2.45, 2.75) is 60.2 Å². The number of imide groups is 2. The maximum atomic E-state index is 14.1. The quantitative estimate of drug-likeness (QED) is 0.135. The van der Waals surface area contributed by atoms with Crippen LogP contribution < -0.4 is 19.3 Å². The Hall–Kier alpha value is -7.58. The van der Waals surface area contributed by atoms with Crippen LogP contribution in [-0.4, -0.2) is 35.3 Å². The number of rotatable bonds is 9. The molecule has 0 saturated carbocycles. The second-order valence-electron chi connectivity index (χ2n) is 17.5. The predicted molar refractivity (Wildman–Crippen MR) is 249 cm³/mol. The van der Waals surface area contributed by atoms with Gasteiger partial charge < -0.3 is 9.47 Å². The molecule has 8 heteroatoms. The van der Waals surface area contributed by atoms with Gasteiger partial charge in [-0.05, 0) is 142 Å². The van der Waals surface area contributed by atoms with Crippen LogP contribution >= 0.6 is 0 Å². The maximum absolute atomic E-state index is 14.1. The highest BCUT2D eigenvalue weighted by molar-refractivity contribution is 6.36. The van der Waals surface area contributed by atoms with Crippen LogP contribution in [0.15, 0.2) is 146 Å². The number of aryl methyl sites for hydroxylation is 2. The van der Waals surface area contributed by atoms with Gasteiger partial charge in [-0.2, -0.15) is 0 Å².